The minimum atomic E-state index is -4.57. The van der Waals surface area contributed by atoms with E-state index in [1.807, 2.05) is 13.1 Å². The van der Waals surface area contributed by atoms with Gasteiger partial charge in [-0.25, -0.2) is 4.79 Å². The minimum absolute atomic E-state index is 0.0291. The van der Waals surface area contributed by atoms with Crippen LogP contribution >= 0.6 is 0 Å². The summed E-state index contributed by atoms with van der Waals surface area (Å²) in [5, 5.41) is -0.0291. The topological polar surface area (TPSA) is 48.0 Å². The average Bonchev–Trinajstić information content (AvgIpc) is 2.30. The molecule has 26 heavy (non-hydrogen) atoms. The Labute approximate surface area is 155 Å². The molecule has 0 radical (unpaired) electrons. The number of amides is 1. The van der Waals surface area contributed by atoms with Gasteiger partial charge in [-0.05, 0) is 38.9 Å². The molecule has 5 nitrogen and oxygen atoms in total. The zero-order chi connectivity index (χ0) is 20.6. The molecule has 1 amide bonds. The highest BCUT2D eigenvalue weighted by molar-refractivity contribution is 6.74. The highest BCUT2D eigenvalue weighted by Crippen LogP contribution is 2.42. The molecule has 1 aliphatic rings. The number of hydrogen-bond donors (Lipinski definition) is 0. The maximum Gasteiger partial charge on any atom is 0.420 e. The van der Waals surface area contributed by atoms with Gasteiger partial charge < -0.3 is 18.8 Å². The minimum Gasteiger partial charge on any atom is -0.444 e. The molecule has 0 atom stereocenters. The van der Waals surface area contributed by atoms with Gasteiger partial charge in [0.05, 0.1) is 26.3 Å². The van der Waals surface area contributed by atoms with Crippen LogP contribution in [0, 0.1) is 0 Å². The first-order valence-corrected chi connectivity index (χ1v) is 11.6. The molecule has 1 fully saturated rings. The fourth-order valence-electron chi connectivity index (χ4n) is 2.13. The molecule has 154 valence electrons. The van der Waals surface area contributed by atoms with Crippen LogP contribution in [0.4, 0.5) is 18.0 Å². The van der Waals surface area contributed by atoms with Crippen molar-refractivity contribution in [1.82, 2.24) is 4.90 Å². The third kappa shape index (κ3) is 5.59. The van der Waals surface area contributed by atoms with Crippen LogP contribution < -0.4 is 0 Å². The Morgan fingerprint density at radius 1 is 1.04 bits per heavy atom. The highest BCUT2D eigenvalue weighted by Gasteiger charge is 2.64. The summed E-state index contributed by atoms with van der Waals surface area (Å²) in [4.78, 5) is 12.9. The van der Waals surface area contributed by atoms with Crippen molar-refractivity contribution in [3.63, 3.8) is 0 Å². The first-order chi connectivity index (χ1) is 11.4. The van der Waals surface area contributed by atoms with Gasteiger partial charge in [0.15, 0.2) is 13.9 Å². The SMILES string of the molecule is CC(C)(C)OC(=O)N1CC(OCCO[Si](C)(C)C(C)(C)C)(C(F)(F)F)C1. The summed E-state index contributed by atoms with van der Waals surface area (Å²) in [7, 11) is -2.04. The van der Waals surface area contributed by atoms with Gasteiger partial charge in [0.25, 0.3) is 0 Å². The summed E-state index contributed by atoms with van der Waals surface area (Å²) >= 11 is 0. The number of carbonyl (C=O) groups excluding carboxylic acids is 1. The summed E-state index contributed by atoms with van der Waals surface area (Å²) in [5.74, 6) is 0. The number of carbonyl (C=O) groups is 1. The monoisotopic (exact) mass is 399 g/mol. The van der Waals surface area contributed by atoms with Crippen LogP contribution in [0.25, 0.3) is 0 Å². The molecule has 0 spiro atoms. The summed E-state index contributed by atoms with van der Waals surface area (Å²) in [6.07, 6.45) is -5.33. The van der Waals surface area contributed by atoms with Crippen molar-refractivity contribution in [2.45, 2.75) is 77.1 Å². The predicted octanol–water partition coefficient (Wildman–Crippen LogP) is 4.58. The average molecular weight is 400 g/mol. The van der Waals surface area contributed by atoms with Crippen molar-refractivity contribution in [3.05, 3.63) is 0 Å². The van der Waals surface area contributed by atoms with Crippen LogP contribution in [-0.2, 0) is 13.9 Å². The van der Waals surface area contributed by atoms with E-state index in [1.54, 1.807) is 20.8 Å². The molecular formula is C17H32F3NO4Si. The molecule has 0 aliphatic carbocycles. The van der Waals surface area contributed by atoms with Crippen LogP contribution in [0.2, 0.25) is 18.1 Å². The Morgan fingerprint density at radius 3 is 1.92 bits per heavy atom. The lowest BCUT2D eigenvalue weighted by molar-refractivity contribution is -0.314. The van der Waals surface area contributed by atoms with Gasteiger partial charge in [0, 0.05) is 0 Å². The van der Waals surface area contributed by atoms with Gasteiger partial charge in [0.2, 0.25) is 0 Å². The van der Waals surface area contributed by atoms with E-state index < -0.39 is 44.9 Å². The second-order valence-electron chi connectivity index (χ2n) is 9.29. The number of ether oxygens (including phenoxy) is 2. The molecular weight excluding hydrogens is 367 g/mol. The highest BCUT2D eigenvalue weighted by atomic mass is 28.4. The van der Waals surface area contributed by atoms with Crippen molar-refractivity contribution < 1.29 is 31.9 Å². The predicted molar refractivity (Wildman–Crippen MR) is 95.7 cm³/mol. The maximum atomic E-state index is 13.4. The molecule has 0 saturated carbocycles. The number of nitrogens with zero attached hydrogens (tertiary/aromatic N) is 1. The van der Waals surface area contributed by atoms with E-state index in [1.165, 1.54) is 0 Å². The zero-order valence-electron chi connectivity index (χ0n) is 17.0. The molecule has 0 aromatic heterocycles. The second-order valence-corrected chi connectivity index (χ2v) is 14.1. The quantitative estimate of drug-likeness (QED) is 0.502. The van der Waals surface area contributed by atoms with E-state index in [-0.39, 0.29) is 18.3 Å². The summed E-state index contributed by atoms with van der Waals surface area (Å²) in [5.41, 5.74) is -3.11. The van der Waals surface area contributed by atoms with Crippen molar-refractivity contribution in [2.75, 3.05) is 26.3 Å². The number of alkyl halides is 3. The molecule has 1 heterocycles. The van der Waals surface area contributed by atoms with Gasteiger partial charge in [-0.1, -0.05) is 20.8 Å². The molecule has 0 unspecified atom stereocenters. The summed E-state index contributed by atoms with van der Waals surface area (Å²) < 4.78 is 56.5. The normalized spacial score (nSPS) is 18.5. The van der Waals surface area contributed by atoms with Crippen LogP contribution in [0.15, 0.2) is 0 Å². The van der Waals surface area contributed by atoms with E-state index in [2.05, 4.69) is 20.8 Å². The van der Waals surface area contributed by atoms with Crippen LogP contribution in [-0.4, -0.2) is 63.0 Å². The number of rotatable bonds is 5. The molecule has 1 saturated heterocycles. The van der Waals surface area contributed by atoms with Crippen LogP contribution in [0.3, 0.4) is 0 Å². The maximum absolute atomic E-state index is 13.4. The van der Waals surface area contributed by atoms with Crippen molar-refractivity contribution >= 4 is 14.4 Å². The Bertz CT molecular complexity index is 504. The van der Waals surface area contributed by atoms with Crippen LogP contribution in [0.5, 0.6) is 0 Å². The standard InChI is InChI=1S/C17H32F3NO4Si/c1-14(2,3)25-13(22)21-11-16(12-21,17(18,19)20)23-9-10-24-26(7,8)15(4,5)6/h9-12H2,1-8H3. The molecule has 0 N–H and O–H groups in total. The van der Waals surface area contributed by atoms with E-state index >= 15 is 0 Å². The van der Waals surface area contributed by atoms with Gasteiger partial charge in [-0.3, -0.25) is 0 Å². The molecule has 0 aromatic carbocycles. The third-order valence-electron chi connectivity index (χ3n) is 4.79. The lowest BCUT2D eigenvalue weighted by Crippen LogP contribution is -2.72. The molecule has 1 rings (SSSR count). The first-order valence-electron chi connectivity index (χ1n) is 8.73. The van der Waals surface area contributed by atoms with E-state index in [0.717, 1.165) is 4.90 Å². The number of likely N-dealkylation sites (tertiary alicyclic amines) is 1. The zero-order valence-corrected chi connectivity index (χ0v) is 18.0. The van der Waals surface area contributed by atoms with Crippen molar-refractivity contribution in [2.24, 2.45) is 0 Å². The number of halogens is 3. The first kappa shape index (κ1) is 23.2. The van der Waals surface area contributed by atoms with E-state index in [4.69, 9.17) is 13.9 Å². The Kier molecular flexibility index (Phi) is 6.54. The van der Waals surface area contributed by atoms with E-state index in [0.29, 0.717) is 0 Å². The molecule has 1 aliphatic heterocycles. The van der Waals surface area contributed by atoms with Crippen molar-refractivity contribution in [1.29, 1.82) is 0 Å². The third-order valence-corrected chi connectivity index (χ3v) is 9.33. The molecule has 0 bridgehead atoms. The lowest BCUT2D eigenvalue weighted by atomic mass is 9.93. The van der Waals surface area contributed by atoms with Crippen molar-refractivity contribution in [3.8, 4) is 0 Å². The Hall–Kier alpha value is -0.803. The van der Waals surface area contributed by atoms with Gasteiger partial charge in [-0.15, -0.1) is 0 Å². The fourth-order valence-corrected chi connectivity index (χ4v) is 3.16. The molecule has 0 aromatic rings. The largest absolute Gasteiger partial charge is 0.444 e. The second kappa shape index (κ2) is 7.31. The van der Waals surface area contributed by atoms with Gasteiger partial charge in [-0.2, -0.15) is 13.2 Å². The molecule has 9 heteroatoms. The number of hydrogen-bond acceptors (Lipinski definition) is 4. The van der Waals surface area contributed by atoms with Crippen LogP contribution in [0.1, 0.15) is 41.5 Å². The Balaban J connectivity index is 2.60. The Morgan fingerprint density at radius 2 is 1.54 bits per heavy atom. The summed E-state index contributed by atoms with van der Waals surface area (Å²) in [6, 6.07) is 0. The van der Waals surface area contributed by atoms with Gasteiger partial charge >= 0.3 is 12.3 Å². The smallest absolute Gasteiger partial charge is 0.420 e. The summed E-state index contributed by atoms with van der Waals surface area (Å²) in [6.45, 7) is 14.0. The van der Waals surface area contributed by atoms with Gasteiger partial charge in [0.1, 0.15) is 5.60 Å². The lowest BCUT2D eigenvalue weighted by Gasteiger charge is -2.49. The fraction of sp³-hybridized carbons (Fsp3) is 0.941. The van der Waals surface area contributed by atoms with E-state index in [9.17, 15) is 18.0 Å².